The molecule has 2 aromatic rings. The molecule has 0 aliphatic carbocycles. The minimum absolute atomic E-state index is 0.0211. The van der Waals surface area contributed by atoms with Crippen LogP contribution in [0.15, 0.2) is 48.5 Å². The van der Waals surface area contributed by atoms with Gasteiger partial charge in [0.2, 0.25) is 11.8 Å². The van der Waals surface area contributed by atoms with Gasteiger partial charge in [-0.1, -0.05) is 62.4 Å². The minimum atomic E-state index is -1.26. The first-order valence-corrected chi connectivity index (χ1v) is 15.7. The maximum Gasteiger partial charge on any atom is 0.408 e. The number of rotatable bonds is 15. The summed E-state index contributed by atoms with van der Waals surface area (Å²) in [5.41, 5.74) is 0.773. The molecule has 0 saturated carbocycles. The third kappa shape index (κ3) is 12.1. The highest BCUT2D eigenvalue weighted by Crippen LogP contribution is 2.34. The third-order valence-corrected chi connectivity index (χ3v) is 7.19. The van der Waals surface area contributed by atoms with Gasteiger partial charge in [-0.15, -0.1) is 0 Å². The molecule has 3 N–H and O–H groups in total. The van der Waals surface area contributed by atoms with Crippen LogP contribution in [0.5, 0.6) is 5.75 Å². The fraction of sp³-hybridized carbons (Fsp3) is 0.543. The van der Waals surface area contributed by atoms with Crippen molar-refractivity contribution in [3.8, 4) is 5.75 Å². The van der Waals surface area contributed by atoms with Gasteiger partial charge in [0.15, 0.2) is 0 Å². The summed E-state index contributed by atoms with van der Waals surface area (Å²) in [6, 6.07) is 11.5. The molecule has 248 valence electrons. The SMILES string of the molecule is CCOC(=O)CCNC(=O)C(c1cccc(C)c1O)N(C(=O)C(Cc1ccccc1)NC(=O)OC(C)(C)C)C(C)CCC(C)C. The number of para-hydroxylation sites is 1. The highest BCUT2D eigenvalue weighted by atomic mass is 16.6. The number of ether oxygens (including phenoxy) is 2. The van der Waals surface area contributed by atoms with Crippen LogP contribution in [0.2, 0.25) is 0 Å². The molecule has 0 aliphatic heterocycles. The highest BCUT2D eigenvalue weighted by Gasteiger charge is 2.40. The van der Waals surface area contributed by atoms with Crippen molar-refractivity contribution in [3.63, 3.8) is 0 Å². The van der Waals surface area contributed by atoms with Crippen molar-refractivity contribution in [2.24, 2.45) is 5.92 Å². The number of nitrogens with one attached hydrogen (secondary N) is 2. The van der Waals surface area contributed by atoms with Crippen LogP contribution in [0.3, 0.4) is 0 Å². The van der Waals surface area contributed by atoms with Gasteiger partial charge in [0.05, 0.1) is 13.0 Å². The Balaban J connectivity index is 2.65. The van der Waals surface area contributed by atoms with Crippen LogP contribution in [0.1, 0.15) is 90.5 Å². The lowest BCUT2D eigenvalue weighted by atomic mass is 9.94. The Morgan fingerprint density at radius 2 is 1.62 bits per heavy atom. The summed E-state index contributed by atoms with van der Waals surface area (Å²) in [7, 11) is 0. The van der Waals surface area contributed by atoms with Gasteiger partial charge in [0.25, 0.3) is 0 Å². The van der Waals surface area contributed by atoms with E-state index in [1.807, 2.05) is 37.3 Å². The number of nitrogens with zero attached hydrogens (tertiary/aromatic N) is 1. The molecule has 10 heteroatoms. The summed E-state index contributed by atoms with van der Waals surface area (Å²) in [6.45, 7) is 14.8. The quantitative estimate of drug-likeness (QED) is 0.219. The molecule has 0 bridgehead atoms. The van der Waals surface area contributed by atoms with E-state index in [0.29, 0.717) is 17.9 Å². The fourth-order valence-corrected chi connectivity index (χ4v) is 4.93. The van der Waals surface area contributed by atoms with Crippen molar-refractivity contribution < 1.29 is 33.8 Å². The van der Waals surface area contributed by atoms with Crippen molar-refractivity contribution in [1.29, 1.82) is 0 Å². The van der Waals surface area contributed by atoms with Crippen molar-refractivity contribution in [3.05, 3.63) is 65.2 Å². The second kappa shape index (κ2) is 17.4. The molecule has 0 aromatic heterocycles. The maximum atomic E-state index is 14.7. The molecule has 45 heavy (non-hydrogen) atoms. The summed E-state index contributed by atoms with van der Waals surface area (Å²) >= 11 is 0. The number of hydrogen-bond donors (Lipinski definition) is 3. The number of hydrogen-bond acceptors (Lipinski definition) is 7. The predicted octanol–water partition coefficient (Wildman–Crippen LogP) is 5.60. The molecule has 3 atom stereocenters. The number of aromatic hydroxyl groups is 1. The molecule has 2 rings (SSSR count). The van der Waals surface area contributed by atoms with Crippen molar-refractivity contribution >= 4 is 23.9 Å². The number of phenols is 1. The first kappa shape index (κ1) is 37.1. The largest absolute Gasteiger partial charge is 0.507 e. The first-order chi connectivity index (χ1) is 21.1. The molecular weight excluding hydrogens is 574 g/mol. The Kier molecular flexibility index (Phi) is 14.4. The van der Waals surface area contributed by atoms with Gasteiger partial charge in [-0.05, 0) is 71.4 Å². The predicted molar refractivity (Wildman–Crippen MR) is 174 cm³/mol. The van der Waals surface area contributed by atoms with Crippen LogP contribution < -0.4 is 10.6 Å². The van der Waals surface area contributed by atoms with Crippen LogP contribution in [0.25, 0.3) is 0 Å². The number of esters is 1. The first-order valence-electron chi connectivity index (χ1n) is 15.7. The number of phenolic OH excluding ortho intramolecular Hbond substituents is 1. The molecule has 0 spiro atoms. The van der Waals surface area contributed by atoms with Gasteiger partial charge < -0.3 is 30.1 Å². The number of benzene rings is 2. The molecule has 0 heterocycles. The zero-order valence-electron chi connectivity index (χ0n) is 28.0. The number of alkyl carbamates (subject to hydrolysis) is 1. The van der Waals surface area contributed by atoms with E-state index >= 15 is 0 Å². The summed E-state index contributed by atoms with van der Waals surface area (Å²) in [4.78, 5) is 55.3. The molecule has 3 unspecified atom stereocenters. The summed E-state index contributed by atoms with van der Waals surface area (Å²) in [5, 5.41) is 16.7. The smallest absolute Gasteiger partial charge is 0.408 e. The molecule has 0 radical (unpaired) electrons. The van der Waals surface area contributed by atoms with E-state index in [0.717, 1.165) is 12.0 Å². The van der Waals surface area contributed by atoms with Crippen molar-refractivity contribution in [2.45, 2.75) is 105 Å². The molecule has 0 saturated heterocycles. The van der Waals surface area contributed by atoms with E-state index in [-0.39, 0.29) is 37.3 Å². The van der Waals surface area contributed by atoms with E-state index in [1.54, 1.807) is 52.8 Å². The van der Waals surface area contributed by atoms with Crippen LogP contribution in [0, 0.1) is 12.8 Å². The second-order valence-electron chi connectivity index (χ2n) is 12.7. The van der Waals surface area contributed by atoms with Gasteiger partial charge in [0.1, 0.15) is 23.4 Å². The van der Waals surface area contributed by atoms with Crippen LogP contribution in [-0.4, -0.2) is 64.7 Å². The lowest BCUT2D eigenvalue weighted by Crippen LogP contribution is -2.56. The monoisotopic (exact) mass is 625 g/mol. The van der Waals surface area contributed by atoms with Crippen LogP contribution in [0.4, 0.5) is 4.79 Å². The van der Waals surface area contributed by atoms with E-state index in [4.69, 9.17) is 9.47 Å². The van der Waals surface area contributed by atoms with Gasteiger partial charge in [-0.3, -0.25) is 14.4 Å². The van der Waals surface area contributed by atoms with E-state index in [2.05, 4.69) is 24.5 Å². The van der Waals surface area contributed by atoms with Gasteiger partial charge in [0, 0.05) is 24.6 Å². The Hall–Kier alpha value is -4.08. The average Bonchev–Trinajstić information content (AvgIpc) is 2.95. The molecule has 3 amide bonds. The van der Waals surface area contributed by atoms with E-state index in [9.17, 15) is 24.3 Å². The van der Waals surface area contributed by atoms with Crippen LogP contribution >= 0.6 is 0 Å². The number of carbonyl (C=O) groups is 4. The Morgan fingerprint density at radius 1 is 0.956 bits per heavy atom. The summed E-state index contributed by atoms with van der Waals surface area (Å²) in [5.74, 6) is -1.33. The lowest BCUT2D eigenvalue weighted by Gasteiger charge is -2.39. The summed E-state index contributed by atoms with van der Waals surface area (Å²) < 4.78 is 10.5. The summed E-state index contributed by atoms with van der Waals surface area (Å²) in [6.07, 6.45) is 0.654. The topological polar surface area (TPSA) is 134 Å². The standard InChI is InChI=1S/C35H51N3O7/c1-9-44-29(39)20-21-36-32(41)30(27-17-13-14-24(4)31(27)40)38(25(5)19-18-23(2)3)33(42)28(22-26-15-11-10-12-16-26)37-34(43)45-35(6,7)8/h10-17,23,25,28,30,40H,9,18-22H2,1-8H3,(H,36,41)(H,37,43). The third-order valence-electron chi connectivity index (χ3n) is 7.19. The Labute approximate surface area is 267 Å². The molecule has 2 aromatic carbocycles. The van der Waals surface area contributed by atoms with Gasteiger partial charge >= 0.3 is 12.1 Å². The molecule has 0 fully saturated rings. The van der Waals surface area contributed by atoms with E-state index in [1.165, 1.54) is 4.90 Å². The fourth-order valence-electron chi connectivity index (χ4n) is 4.93. The van der Waals surface area contributed by atoms with E-state index < -0.39 is 47.6 Å². The second-order valence-corrected chi connectivity index (χ2v) is 12.7. The lowest BCUT2D eigenvalue weighted by molar-refractivity contribution is -0.146. The zero-order chi connectivity index (χ0) is 33.7. The van der Waals surface area contributed by atoms with Gasteiger partial charge in [-0.2, -0.15) is 0 Å². The number of amides is 3. The molecule has 0 aliphatic rings. The van der Waals surface area contributed by atoms with Crippen LogP contribution in [-0.2, 0) is 30.3 Å². The zero-order valence-corrected chi connectivity index (χ0v) is 28.0. The highest BCUT2D eigenvalue weighted by molar-refractivity contribution is 5.93. The normalized spacial score (nSPS) is 13.4. The molecule has 10 nitrogen and oxygen atoms in total. The maximum absolute atomic E-state index is 14.7. The minimum Gasteiger partial charge on any atom is -0.507 e. The van der Waals surface area contributed by atoms with Gasteiger partial charge in [-0.25, -0.2) is 4.79 Å². The number of aryl methyl sites for hydroxylation is 1. The van der Waals surface area contributed by atoms with Crippen molar-refractivity contribution in [1.82, 2.24) is 15.5 Å². The Morgan fingerprint density at radius 3 is 2.22 bits per heavy atom. The molecular formula is C35H51N3O7. The van der Waals surface area contributed by atoms with Crippen molar-refractivity contribution in [2.75, 3.05) is 13.2 Å². The Bertz CT molecular complexity index is 1270. The number of carbonyl (C=O) groups excluding carboxylic acids is 4. The average molecular weight is 626 g/mol.